The molecule has 0 bridgehead atoms. The fourth-order valence-electron chi connectivity index (χ4n) is 2.93. The number of piperazine rings is 1. The molecular weight excluding hydrogens is 330 g/mol. The number of carbonyl (C=O) groups is 1. The molecule has 1 unspecified atom stereocenters. The second-order valence-corrected chi connectivity index (χ2v) is 6.75. The maximum absolute atomic E-state index is 12.1. The summed E-state index contributed by atoms with van der Waals surface area (Å²) in [6.45, 7) is 4.54. The molecule has 0 spiro atoms. The van der Waals surface area contributed by atoms with Gasteiger partial charge in [-0.3, -0.25) is 4.79 Å². The van der Waals surface area contributed by atoms with Gasteiger partial charge >= 0.3 is 0 Å². The highest BCUT2D eigenvalue weighted by atomic mass is 79.9. The van der Waals surface area contributed by atoms with Crippen LogP contribution in [-0.2, 0) is 11.3 Å². The van der Waals surface area contributed by atoms with E-state index >= 15 is 0 Å². The van der Waals surface area contributed by atoms with Crippen LogP contribution in [0.1, 0.15) is 31.7 Å². The lowest BCUT2D eigenvalue weighted by molar-refractivity contribution is -0.123. The van der Waals surface area contributed by atoms with Gasteiger partial charge in [0.25, 0.3) is 0 Å². The van der Waals surface area contributed by atoms with Crippen LogP contribution in [0, 0.1) is 0 Å². The highest BCUT2D eigenvalue weighted by Gasteiger charge is 2.29. The molecule has 1 aromatic rings. The van der Waals surface area contributed by atoms with E-state index in [1.165, 1.54) is 24.1 Å². The highest BCUT2D eigenvalue weighted by molar-refractivity contribution is 9.10. The Balaban J connectivity index is 1.86. The molecule has 1 saturated heterocycles. The molecule has 0 radical (unpaired) electrons. The molecule has 3 rings (SSSR count). The van der Waals surface area contributed by atoms with E-state index in [0.717, 1.165) is 30.5 Å². The van der Waals surface area contributed by atoms with Crippen molar-refractivity contribution in [2.24, 2.45) is 0 Å². The summed E-state index contributed by atoms with van der Waals surface area (Å²) in [5.41, 5.74) is 2.46. The third-order valence-corrected chi connectivity index (χ3v) is 4.72. The number of hydrogen-bond donors (Lipinski definition) is 2. The summed E-state index contributed by atoms with van der Waals surface area (Å²) in [7, 11) is 0. The van der Waals surface area contributed by atoms with Gasteiger partial charge in [-0.1, -0.05) is 22.9 Å². The van der Waals surface area contributed by atoms with E-state index in [2.05, 4.69) is 56.6 Å². The summed E-state index contributed by atoms with van der Waals surface area (Å²) in [5.74, 6) is 0.146. The van der Waals surface area contributed by atoms with Crippen molar-refractivity contribution >= 4 is 27.5 Å². The Labute approximate surface area is 134 Å². The average Bonchev–Trinajstić information content (AvgIpc) is 3.29. The van der Waals surface area contributed by atoms with Gasteiger partial charge in [0.15, 0.2) is 0 Å². The first-order valence-corrected chi connectivity index (χ1v) is 8.54. The second-order valence-electron chi connectivity index (χ2n) is 5.84. The molecule has 0 aromatic heterocycles. The van der Waals surface area contributed by atoms with Crippen molar-refractivity contribution < 1.29 is 4.79 Å². The van der Waals surface area contributed by atoms with Crippen LogP contribution in [0.25, 0.3) is 0 Å². The van der Waals surface area contributed by atoms with Crippen molar-refractivity contribution in [3.63, 3.8) is 0 Å². The van der Waals surface area contributed by atoms with Gasteiger partial charge in [-0.2, -0.15) is 0 Å². The van der Waals surface area contributed by atoms with Gasteiger partial charge in [-0.25, -0.2) is 0 Å². The number of anilines is 1. The molecule has 1 aliphatic heterocycles. The lowest BCUT2D eigenvalue weighted by Gasteiger charge is -2.37. The predicted molar refractivity (Wildman–Crippen MR) is 88.4 cm³/mol. The normalized spacial score (nSPS) is 22.3. The molecule has 1 aromatic carbocycles. The minimum Gasteiger partial charge on any atom is -0.357 e. The zero-order valence-electron chi connectivity index (χ0n) is 12.4. The highest BCUT2D eigenvalue weighted by Crippen LogP contribution is 2.29. The summed E-state index contributed by atoms with van der Waals surface area (Å²) in [4.78, 5) is 14.3. The van der Waals surface area contributed by atoms with Crippen LogP contribution in [0.3, 0.4) is 0 Å². The molecule has 2 aliphatic rings. The largest absolute Gasteiger partial charge is 0.357 e. The number of nitrogens with one attached hydrogen (secondary N) is 2. The molecule has 2 fully saturated rings. The Morgan fingerprint density at radius 2 is 2.24 bits per heavy atom. The van der Waals surface area contributed by atoms with E-state index in [1.807, 2.05) is 0 Å². The topological polar surface area (TPSA) is 44.4 Å². The van der Waals surface area contributed by atoms with Gasteiger partial charge in [0.05, 0.1) is 0 Å². The van der Waals surface area contributed by atoms with Gasteiger partial charge < -0.3 is 15.5 Å². The molecule has 4 nitrogen and oxygen atoms in total. The maximum Gasteiger partial charge on any atom is 0.242 e. The van der Waals surface area contributed by atoms with Crippen molar-refractivity contribution in [1.29, 1.82) is 0 Å². The number of carbonyl (C=O) groups excluding carboxylic acids is 1. The van der Waals surface area contributed by atoms with Crippen LogP contribution in [0.4, 0.5) is 5.69 Å². The first-order chi connectivity index (χ1) is 10.2. The first-order valence-electron chi connectivity index (χ1n) is 7.75. The Morgan fingerprint density at radius 3 is 2.95 bits per heavy atom. The van der Waals surface area contributed by atoms with Crippen molar-refractivity contribution in [1.82, 2.24) is 10.6 Å². The van der Waals surface area contributed by atoms with Gasteiger partial charge in [-0.05, 0) is 43.0 Å². The molecule has 114 valence electrons. The Kier molecular flexibility index (Phi) is 4.50. The quantitative estimate of drug-likeness (QED) is 0.856. The zero-order chi connectivity index (χ0) is 14.8. The SMILES string of the molecule is CCC1C(=O)NCCN1c1ccc(Br)cc1CNC1CC1. The number of nitrogens with zero attached hydrogens (tertiary/aromatic N) is 1. The fraction of sp³-hybridized carbons (Fsp3) is 0.562. The number of benzene rings is 1. The standard InChI is InChI=1S/C16H22BrN3O/c1-2-14-16(21)18-7-8-20(14)15-6-3-12(17)9-11(15)10-19-13-4-5-13/h3,6,9,13-14,19H,2,4-5,7-8,10H2,1H3,(H,18,21). The number of hydrogen-bond acceptors (Lipinski definition) is 3. The fourth-order valence-corrected chi connectivity index (χ4v) is 3.33. The summed E-state index contributed by atoms with van der Waals surface area (Å²) < 4.78 is 1.09. The monoisotopic (exact) mass is 351 g/mol. The Hall–Kier alpha value is -1.07. The number of halogens is 1. The van der Waals surface area contributed by atoms with Crippen LogP contribution in [0.2, 0.25) is 0 Å². The minimum absolute atomic E-state index is 0.0559. The van der Waals surface area contributed by atoms with Gasteiger partial charge in [0.2, 0.25) is 5.91 Å². The third kappa shape index (κ3) is 3.40. The second kappa shape index (κ2) is 6.36. The van der Waals surface area contributed by atoms with E-state index in [0.29, 0.717) is 6.04 Å². The van der Waals surface area contributed by atoms with E-state index in [1.54, 1.807) is 0 Å². The number of rotatable bonds is 5. The molecule has 1 amide bonds. The zero-order valence-corrected chi connectivity index (χ0v) is 13.9. The molecule has 5 heteroatoms. The van der Waals surface area contributed by atoms with Crippen molar-refractivity contribution in [3.8, 4) is 0 Å². The lowest BCUT2D eigenvalue weighted by atomic mass is 10.1. The van der Waals surface area contributed by atoms with Crippen LogP contribution in [0.5, 0.6) is 0 Å². The molecule has 21 heavy (non-hydrogen) atoms. The number of amides is 1. The summed E-state index contributed by atoms with van der Waals surface area (Å²) in [6, 6.07) is 7.00. The van der Waals surface area contributed by atoms with Gasteiger partial charge in [0, 0.05) is 35.8 Å². The predicted octanol–water partition coefficient (Wildman–Crippen LogP) is 2.42. The van der Waals surface area contributed by atoms with Crippen LogP contribution >= 0.6 is 15.9 Å². The summed E-state index contributed by atoms with van der Waals surface area (Å²) in [5, 5.41) is 6.54. The van der Waals surface area contributed by atoms with E-state index in [-0.39, 0.29) is 11.9 Å². The van der Waals surface area contributed by atoms with Crippen molar-refractivity contribution in [2.75, 3.05) is 18.0 Å². The maximum atomic E-state index is 12.1. The minimum atomic E-state index is -0.0559. The molecule has 2 N–H and O–H groups in total. The molecule has 1 aliphatic carbocycles. The van der Waals surface area contributed by atoms with E-state index in [9.17, 15) is 4.79 Å². The summed E-state index contributed by atoms with van der Waals surface area (Å²) >= 11 is 3.56. The average molecular weight is 352 g/mol. The lowest BCUT2D eigenvalue weighted by Crippen LogP contribution is -2.55. The van der Waals surface area contributed by atoms with Crippen LogP contribution < -0.4 is 15.5 Å². The van der Waals surface area contributed by atoms with Crippen molar-refractivity contribution in [2.45, 2.75) is 44.8 Å². The van der Waals surface area contributed by atoms with Gasteiger partial charge in [-0.15, -0.1) is 0 Å². The Morgan fingerprint density at radius 1 is 1.43 bits per heavy atom. The smallest absolute Gasteiger partial charge is 0.242 e. The van der Waals surface area contributed by atoms with Crippen LogP contribution in [-0.4, -0.2) is 31.1 Å². The van der Waals surface area contributed by atoms with Crippen LogP contribution in [0.15, 0.2) is 22.7 Å². The van der Waals surface area contributed by atoms with Crippen molar-refractivity contribution in [3.05, 3.63) is 28.2 Å². The van der Waals surface area contributed by atoms with Gasteiger partial charge in [0.1, 0.15) is 6.04 Å². The molecule has 1 heterocycles. The third-order valence-electron chi connectivity index (χ3n) is 4.23. The Bertz CT molecular complexity index is 530. The molecule has 1 atom stereocenters. The summed E-state index contributed by atoms with van der Waals surface area (Å²) in [6.07, 6.45) is 3.40. The van der Waals surface area contributed by atoms with E-state index < -0.39 is 0 Å². The molecule has 1 saturated carbocycles. The molecular formula is C16H22BrN3O. The first kappa shape index (κ1) is 14.9. The van der Waals surface area contributed by atoms with E-state index in [4.69, 9.17) is 0 Å².